The Morgan fingerprint density at radius 2 is 1.62 bits per heavy atom. The number of rotatable bonds is 0. The highest BCUT2D eigenvalue weighted by atomic mass is 15.2. The SMILES string of the molecule is CN=C1NCc2ccccc2CN1. The summed E-state index contributed by atoms with van der Waals surface area (Å²) in [4.78, 5) is 4.08. The molecular weight excluding hydrogens is 162 g/mol. The van der Waals surface area contributed by atoms with Crippen molar-refractivity contribution in [1.29, 1.82) is 0 Å². The molecule has 13 heavy (non-hydrogen) atoms. The molecule has 0 saturated heterocycles. The fourth-order valence-electron chi connectivity index (χ4n) is 1.48. The van der Waals surface area contributed by atoms with E-state index >= 15 is 0 Å². The van der Waals surface area contributed by atoms with Gasteiger partial charge >= 0.3 is 0 Å². The van der Waals surface area contributed by atoms with Crippen LogP contribution in [0, 0.1) is 0 Å². The van der Waals surface area contributed by atoms with Gasteiger partial charge in [0.15, 0.2) is 5.96 Å². The van der Waals surface area contributed by atoms with Gasteiger partial charge < -0.3 is 10.6 Å². The zero-order valence-electron chi connectivity index (χ0n) is 7.67. The van der Waals surface area contributed by atoms with Crippen molar-refractivity contribution in [3.8, 4) is 0 Å². The molecule has 0 aromatic heterocycles. The van der Waals surface area contributed by atoms with Crippen LogP contribution < -0.4 is 10.6 Å². The first-order valence-corrected chi connectivity index (χ1v) is 4.41. The second-order valence-electron chi connectivity index (χ2n) is 3.05. The molecule has 3 heteroatoms. The van der Waals surface area contributed by atoms with E-state index in [1.807, 2.05) is 0 Å². The van der Waals surface area contributed by atoms with E-state index in [-0.39, 0.29) is 0 Å². The van der Waals surface area contributed by atoms with E-state index < -0.39 is 0 Å². The van der Waals surface area contributed by atoms with Gasteiger partial charge in [-0.15, -0.1) is 0 Å². The summed E-state index contributed by atoms with van der Waals surface area (Å²) in [6, 6.07) is 8.41. The van der Waals surface area contributed by atoms with Crippen LogP contribution in [0.5, 0.6) is 0 Å². The number of hydrogen-bond acceptors (Lipinski definition) is 1. The number of guanidine groups is 1. The molecule has 1 heterocycles. The van der Waals surface area contributed by atoms with Gasteiger partial charge in [-0.1, -0.05) is 24.3 Å². The molecule has 1 aliphatic heterocycles. The minimum absolute atomic E-state index is 0.857. The third-order valence-electron chi connectivity index (χ3n) is 2.23. The third-order valence-corrected chi connectivity index (χ3v) is 2.23. The summed E-state index contributed by atoms with van der Waals surface area (Å²) in [5, 5.41) is 6.45. The van der Waals surface area contributed by atoms with Gasteiger partial charge in [0, 0.05) is 20.1 Å². The maximum atomic E-state index is 4.08. The van der Waals surface area contributed by atoms with Crippen LogP contribution in [0.15, 0.2) is 29.3 Å². The smallest absolute Gasteiger partial charge is 0.191 e. The average Bonchev–Trinajstić information content (AvgIpc) is 2.39. The van der Waals surface area contributed by atoms with Crippen LogP contribution in [0.4, 0.5) is 0 Å². The molecule has 0 bridgehead atoms. The zero-order valence-corrected chi connectivity index (χ0v) is 7.67. The monoisotopic (exact) mass is 175 g/mol. The minimum Gasteiger partial charge on any atom is -0.352 e. The molecule has 2 rings (SSSR count). The highest BCUT2D eigenvalue weighted by molar-refractivity contribution is 5.80. The van der Waals surface area contributed by atoms with Crippen LogP contribution in [0.25, 0.3) is 0 Å². The molecule has 0 fully saturated rings. The molecule has 0 unspecified atom stereocenters. The lowest BCUT2D eigenvalue weighted by atomic mass is 10.1. The number of nitrogens with zero attached hydrogens (tertiary/aromatic N) is 1. The second kappa shape index (κ2) is 3.47. The van der Waals surface area contributed by atoms with Crippen molar-refractivity contribution in [2.24, 2.45) is 4.99 Å². The van der Waals surface area contributed by atoms with E-state index in [2.05, 4.69) is 39.9 Å². The van der Waals surface area contributed by atoms with E-state index in [1.54, 1.807) is 7.05 Å². The van der Waals surface area contributed by atoms with Gasteiger partial charge in [-0.05, 0) is 11.1 Å². The normalized spacial score (nSPS) is 15.0. The van der Waals surface area contributed by atoms with Crippen molar-refractivity contribution in [3.63, 3.8) is 0 Å². The Labute approximate surface area is 77.9 Å². The summed E-state index contributed by atoms with van der Waals surface area (Å²) in [5.74, 6) is 0.871. The standard InChI is InChI=1S/C10H13N3/c1-11-10-12-6-8-4-2-3-5-9(8)7-13-10/h2-5H,6-7H2,1H3,(H2,11,12,13). The first kappa shape index (κ1) is 8.10. The van der Waals surface area contributed by atoms with E-state index in [4.69, 9.17) is 0 Å². The highest BCUT2D eigenvalue weighted by Crippen LogP contribution is 2.09. The Morgan fingerprint density at radius 1 is 1.08 bits per heavy atom. The van der Waals surface area contributed by atoms with Gasteiger partial charge in [0.05, 0.1) is 0 Å². The van der Waals surface area contributed by atoms with Crippen molar-refractivity contribution in [1.82, 2.24) is 10.6 Å². The van der Waals surface area contributed by atoms with Gasteiger partial charge in [0.25, 0.3) is 0 Å². The van der Waals surface area contributed by atoms with Crippen molar-refractivity contribution in [2.45, 2.75) is 13.1 Å². The maximum Gasteiger partial charge on any atom is 0.191 e. The van der Waals surface area contributed by atoms with Gasteiger partial charge in [-0.25, -0.2) is 0 Å². The largest absolute Gasteiger partial charge is 0.352 e. The van der Waals surface area contributed by atoms with E-state index in [0.29, 0.717) is 0 Å². The average molecular weight is 175 g/mol. The molecule has 0 atom stereocenters. The fraction of sp³-hybridized carbons (Fsp3) is 0.300. The lowest BCUT2D eigenvalue weighted by molar-refractivity contribution is 0.864. The molecule has 1 aromatic rings. The molecule has 0 spiro atoms. The molecule has 0 saturated carbocycles. The molecule has 0 amide bonds. The quantitative estimate of drug-likeness (QED) is 0.613. The van der Waals surface area contributed by atoms with Gasteiger partial charge in [-0.2, -0.15) is 0 Å². The van der Waals surface area contributed by atoms with Gasteiger partial charge in [0.1, 0.15) is 0 Å². The summed E-state index contributed by atoms with van der Waals surface area (Å²) in [5.41, 5.74) is 2.68. The van der Waals surface area contributed by atoms with Crippen LogP contribution in [0.2, 0.25) is 0 Å². The van der Waals surface area contributed by atoms with Crippen molar-refractivity contribution in [3.05, 3.63) is 35.4 Å². The number of aliphatic imine (C=N–C) groups is 1. The highest BCUT2D eigenvalue weighted by Gasteiger charge is 2.07. The summed E-state index contributed by atoms with van der Waals surface area (Å²) >= 11 is 0. The minimum atomic E-state index is 0.857. The van der Waals surface area contributed by atoms with Crippen molar-refractivity contribution in [2.75, 3.05) is 7.05 Å². The Kier molecular flexibility index (Phi) is 2.17. The van der Waals surface area contributed by atoms with Gasteiger partial charge in [0.2, 0.25) is 0 Å². The number of benzene rings is 1. The number of nitrogens with one attached hydrogen (secondary N) is 2. The lowest BCUT2D eigenvalue weighted by Crippen LogP contribution is -2.33. The van der Waals surface area contributed by atoms with Gasteiger partial charge in [-0.3, -0.25) is 4.99 Å². The first-order valence-electron chi connectivity index (χ1n) is 4.41. The van der Waals surface area contributed by atoms with Crippen molar-refractivity contribution < 1.29 is 0 Å². The fourth-order valence-corrected chi connectivity index (χ4v) is 1.48. The summed E-state index contributed by atoms with van der Waals surface area (Å²) in [6.07, 6.45) is 0. The molecule has 2 N–H and O–H groups in total. The third kappa shape index (κ3) is 1.64. The lowest BCUT2D eigenvalue weighted by Gasteiger charge is -2.04. The predicted octanol–water partition coefficient (Wildman–Crippen LogP) is 0.865. The molecule has 0 aliphatic carbocycles. The Hall–Kier alpha value is -1.51. The molecule has 3 nitrogen and oxygen atoms in total. The zero-order chi connectivity index (χ0) is 9.10. The molecule has 1 aliphatic rings. The van der Waals surface area contributed by atoms with Crippen LogP contribution >= 0.6 is 0 Å². The topological polar surface area (TPSA) is 36.4 Å². The van der Waals surface area contributed by atoms with E-state index in [9.17, 15) is 0 Å². The number of fused-ring (bicyclic) bond motifs is 1. The number of hydrogen-bond donors (Lipinski definition) is 2. The summed E-state index contributed by atoms with van der Waals surface area (Å²) in [7, 11) is 1.78. The Bertz CT molecular complexity index is 302. The predicted molar refractivity (Wildman–Crippen MR) is 53.5 cm³/mol. The first-order chi connectivity index (χ1) is 6.40. The van der Waals surface area contributed by atoms with Crippen LogP contribution in [-0.2, 0) is 13.1 Å². The van der Waals surface area contributed by atoms with Crippen LogP contribution in [0.3, 0.4) is 0 Å². The van der Waals surface area contributed by atoms with E-state index in [1.165, 1.54) is 11.1 Å². The Morgan fingerprint density at radius 3 is 2.08 bits per heavy atom. The molecule has 0 radical (unpaired) electrons. The molecular formula is C10H13N3. The van der Waals surface area contributed by atoms with Crippen molar-refractivity contribution >= 4 is 5.96 Å². The van der Waals surface area contributed by atoms with E-state index in [0.717, 1.165) is 19.0 Å². The maximum absolute atomic E-state index is 4.08. The Balaban J connectivity index is 2.26. The molecule has 1 aromatic carbocycles. The van der Waals surface area contributed by atoms with Crippen LogP contribution in [-0.4, -0.2) is 13.0 Å². The second-order valence-corrected chi connectivity index (χ2v) is 3.05. The molecule has 68 valence electrons. The summed E-state index contributed by atoms with van der Waals surface area (Å²) < 4.78 is 0. The summed E-state index contributed by atoms with van der Waals surface area (Å²) in [6.45, 7) is 1.71. The van der Waals surface area contributed by atoms with Crippen LogP contribution in [0.1, 0.15) is 11.1 Å².